The predicted molar refractivity (Wildman–Crippen MR) is 122 cm³/mol. The van der Waals surface area contributed by atoms with E-state index in [1.54, 1.807) is 0 Å². The number of hydrogen-bond donors (Lipinski definition) is 0. The molecule has 0 atom stereocenters. The Hall–Kier alpha value is -2.55. The van der Waals surface area contributed by atoms with E-state index in [-0.39, 0.29) is 12.3 Å². The van der Waals surface area contributed by atoms with Crippen LogP contribution >= 0.6 is 0 Å². The van der Waals surface area contributed by atoms with E-state index in [1.807, 2.05) is 0 Å². The highest BCUT2D eigenvalue weighted by Gasteiger charge is 2.38. The standard InChI is InChI=1S/C25H30BN2/c1-17-11-10-14-22-24(17)18(2)15-23(27(22)6)26-16-20(25(3,4)5)19-12-8-9-13-21(19)28(26)7/h8-16H,1-7H3/q+1. The highest BCUT2D eigenvalue weighted by Crippen LogP contribution is 2.41. The summed E-state index contributed by atoms with van der Waals surface area (Å²) in [4.78, 5) is 2.42. The van der Waals surface area contributed by atoms with Gasteiger partial charge in [0.1, 0.15) is 7.05 Å². The summed E-state index contributed by atoms with van der Waals surface area (Å²) >= 11 is 0. The van der Waals surface area contributed by atoms with Crippen LogP contribution in [0.3, 0.4) is 0 Å². The van der Waals surface area contributed by atoms with E-state index >= 15 is 0 Å². The van der Waals surface area contributed by atoms with Crippen molar-refractivity contribution in [1.29, 1.82) is 0 Å². The SMILES string of the molecule is Cc1cccc2c1c(C)cc(B1C=C(C(C)(C)C)c3ccccc3N1C)[n+]2C. The molecular weight excluding hydrogens is 339 g/mol. The van der Waals surface area contributed by atoms with E-state index in [4.69, 9.17) is 0 Å². The van der Waals surface area contributed by atoms with Gasteiger partial charge in [-0.25, -0.2) is 4.57 Å². The maximum Gasteiger partial charge on any atom is 0.396 e. The lowest BCUT2D eigenvalue weighted by atomic mass is 9.51. The van der Waals surface area contributed by atoms with Gasteiger partial charge in [-0.1, -0.05) is 57.1 Å². The predicted octanol–water partition coefficient (Wildman–Crippen LogP) is 4.60. The molecule has 0 unspecified atom stereocenters. The van der Waals surface area contributed by atoms with Crippen molar-refractivity contribution in [1.82, 2.24) is 0 Å². The fourth-order valence-corrected chi connectivity index (χ4v) is 4.71. The Kier molecular flexibility index (Phi) is 4.37. The summed E-state index contributed by atoms with van der Waals surface area (Å²) in [6.45, 7) is 11.6. The maximum absolute atomic E-state index is 2.47. The lowest BCUT2D eigenvalue weighted by Crippen LogP contribution is -2.61. The number of aryl methyl sites for hydroxylation is 3. The maximum atomic E-state index is 2.47. The Morgan fingerprint density at radius 3 is 2.36 bits per heavy atom. The molecule has 0 amide bonds. The summed E-state index contributed by atoms with van der Waals surface area (Å²) in [5.74, 6) is 2.47. The molecule has 0 spiro atoms. The van der Waals surface area contributed by atoms with Gasteiger partial charge in [0.25, 0.3) is 0 Å². The lowest BCUT2D eigenvalue weighted by molar-refractivity contribution is -0.627. The molecule has 0 saturated carbocycles. The van der Waals surface area contributed by atoms with Gasteiger partial charge in [-0.3, -0.25) is 0 Å². The molecule has 1 aliphatic rings. The zero-order chi connectivity index (χ0) is 20.2. The Labute approximate surface area is 169 Å². The van der Waals surface area contributed by atoms with E-state index in [9.17, 15) is 0 Å². The molecule has 28 heavy (non-hydrogen) atoms. The van der Waals surface area contributed by atoms with Gasteiger partial charge in [0.15, 0.2) is 5.59 Å². The molecule has 0 saturated heterocycles. The number of aromatic nitrogens is 1. The highest BCUT2D eigenvalue weighted by molar-refractivity contribution is 6.81. The first-order chi connectivity index (χ1) is 13.2. The zero-order valence-electron chi connectivity index (χ0n) is 18.2. The van der Waals surface area contributed by atoms with E-state index in [0.717, 1.165) is 0 Å². The second-order valence-corrected chi connectivity index (χ2v) is 9.18. The summed E-state index contributed by atoms with van der Waals surface area (Å²) in [7, 11) is 4.42. The third-order valence-corrected chi connectivity index (χ3v) is 6.19. The number of pyridine rings is 1. The van der Waals surface area contributed by atoms with Gasteiger partial charge >= 0.3 is 6.85 Å². The molecule has 2 nitrogen and oxygen atoms in total. The van der Waals surface area contributed by atoms with Crippen LogP contribution < -0.4 is 15.0 Å². The fraction of sp³-hybridized carbons (Fsp3) is 0.320. The van der Waals surface area contributed by atoms with Gasteiger partial charge in [-0.15, -0.1) is 0 Å². The molecule has 0 aliphatic carbocycles. The van der Waals surface area contributed by atoms with Gasteiger partial charge in [-0.2, -0.15) is 0 Å². The van der Waals surface area contributed by atoms with Crippen molar-refractivity contribution in [3.63, 3.8) is 0 Å². The Morgan fingerprint density at radius 1 is 0.929 bits per heavy atom. The minimum atomic E-state index is 0.0939. The zero-order valence-corrected chi connectivity index (χ0v) is 18.2. The first-order valence-corrected chi connectivity index (χ1v) is 10.1. The molecule has 4 rings (SSSR count). The normalized spacial score (nSPS) is 14.3. The van der Waals surface area contributed by atoms with Crippen molar-refractivity contribution < 1.29 is 4.57 Å². The second kappa shape index (κ2) is 6.51. The second-order valence-electron chi connectivity index (χ2n) is 9.18. The summed E-state index contributed by atoms with van der Waals surface area (Å²) < 4.78 is 2.38. The molecule has 142 valence electrons. The van der Waals surface area contributed by atoms with Gasteiger partial charge in [0.05, 0.1) is 5.39 Å². The number of fused-ring (bicyclic) bond motifs is 2. The first-order valence-electron chi connectivity index (χ1n) is 10.1. The molecule has 0 radical (unpaired) electrons. The topological polar surface area (TPSA) is 7.12 Å². The van der Waals surface area contributed by atoms with Crippen molar-refractivity contribution in [3.8, 4) is 0 Å². The summed E-state index contributed by atoms with van der Waals surface area (Å²) in [6, 6.07) is 17.8. The Balaban J connectivity index is 1.98. The van der Waals surface area contributed by atoms with Gasteiger partial charge < -0.3 is 4.81 Å². The third kappa shape index (κ3) is 2.85. The van der Waals surface area contributed by atoms with Crippen molar-refractivity contribution >= 4 is 34.6 Å². The summed E-state index contributed by atoms with van der Waals surface area (Å²) in [5, 5.41) is 1.37. The van der Waals surface area contributed by atoms with Crippen molar-refractivity contribution in [2.75, 3.05) is 11.9 Å². The van der Waals surface area contributed by atoms with Gasteiger partial charge in [-0.05, 0) is 54.6 Å². The van der Waals surface area contributed by atoms with Crippen molar-refractivity contribution in [2.45, 2.75) is 34.6 Å². The van der Waals surface area contributed by atoms with Crippen LogP contribution in [0, 0.1) is 19.3 Å². The largest absolute Gasteiger partial charge is 0.405 e. The van der Waals surface area contributed by atoms with E-state index in [2.05, 4.69) is 113 Å². The molecule has 0 fully saturated rings. The van der Waals surface area contributed by atoms with Gasteiger partial charge in [0, 0.05) is 17.8 Å². The van der Waals surface area contributed by atoms with Crippen LogP contribution in [0.1, 0.15) is 37.5 Å². The molecular formula is C25H30BN2+. The van der Waals surface area contributed by atoms with Crippen molar-refractivity contribution in [2.24, 2.45) is 12.5 Å². The molecule has 0 N–H and O–H groups in total. The van der Waals surface area contributed by atoms with Crippen LogP contribution in [-0.2, 0) is 7.05 Å². The third-order valence-electron chi connectivity index (χ3n) is 6.19. The smallest absolute Gasteiger partial charge is 0.396 e. The molecule has 0 bridgehead atoms. The average Bonchev–Trinajstić information content (AvgIpc) is 2.64. The number of benzene rings is 2. The number of rotatable bonds is 1. The van der Waals surface area contributed by atoms with Crippen LogP contribution in [0.15, 0.2) is 54.5 Å². The quantitative estimate of drug-likeness (QED) is 0.449. The molecule has 1 aliphatic heterocycles. The summed E-state index contributed by atoms with van der Waals surface area (Å²) in [6.07, 6.45) is 0. The molecule has 3 heteroatoms. The van der Waals surface area contributed by atoms with E-state index in [0.29, 0.717) is 0 Å². The molecule has 3 aromatic rings. The number of para-hydroxylation sites is 1. The fourth-order valence-electron chi connectivity index (χ4n) is 4.71. The van der Waals surface area contributed by atoms with Gasteiger partial charge in [0.2, 0.25) is 5.52 Å². The average molecular weight is 369 g/mol. The number of hydrogen-bond acceptors (Lipinski definition) is 1. The molecule has 1 aromatic heterocycles. The van der Waals surface area contributed by atoms with Crippen molar-refractivity contribution in [3.05, 3.63) is 71.2 Å². The Bertz CT molecular complexity index is 1110. The minimum Gasteiger partial charge on any atom is -0.405 e. The van der Waals surface area contributed by atoms with Crippen LogP contribution in [-0.4, -0.2) is 13.9 Å². The van der Waals surface area contributed by atoms with Crippen LogP contribution in [0.25, 0.3) is 16.5 Å². The lowest BCUT2D eigenvalue weighted by Gasteiger charge is -2.36. The van der Waals surface area contributed by atoms with Crippen LogP contribution in [0.2, 0.25) is 0 Å². The Morgan fingerprint density at radius 2 is 1.64 bits per heavy atom. The van der Waals surface area contributed by atoms with E-state index < -0.39 is 0 Å². The number of allylic oxidation sites excluding steroid dienone is 1. The first kappa shape index (κ1) is 18.8. The highest BCUT2D eigenvalue weighted by atomic mass is 15.1. The number of nitrogens with zero attached hydrogens (tertiary/aromatic N) is 2. The van der Waals surface area contributed by atoms with Crippen LogP contribution in [0.4, 0.5) is 5.69 Å². The summed E-state index contributed by atoms with van der Waals surface area (Å²) in [5.41, 5.74) is 9.49. The van der Waals surface area contributed by atoms with E-state index in [1.165, 1.54) is 44.4 Å². The molecule has 2 aromatic carbocycles. The minimum absolute atomic E-state index is 0.0939. The monoisotopic (exact) mass is 369 g/mol. The molecule has 2 heterocycles. The number of anilines is 1. The van der Waals surface area contributed by atoms with Crippen LogP contribution in [0.5, 0.6) is 0 Å².